The third kappa shape index (κ3) is 9.06. The van der Waals surface area contributed by atoms with E-state index in [-0.39, 0.29) is 24.3 Å². The van der Waals surface area contributed by atoms with Gasteiger partial charge in [-0.15, -0.1) is 0 Å². The summed E-state index contributed by atoms with van der Waals surface area (Å²) in [5.41, 5.74) is 4.85. The fourth-order valence-electron chi connectivity index (χ4n) is 4.37. The van der Waals surface area contributed by atoms with Crippen molar-refractivity contribution in [3.05, 3.63) is 94.5 Å². The number of aromatic nitrogens is 2. The standard InChI is InChI=1S/C32H35ClN4O3/c1-32(2,3)40-31(39)37-27-12-7-22(8-13-27)19-28-14-9-24(20-35-28)30(38)6-4-5-23-17-18-34-21-29(23)36-26-15-10-25(33)11-16-26/h4-5,9-11,14-21,27,36H,6-8,12-13H2,1-3H3,(H,37,39). The first-order chi connectivity index (χ1) is 19.1. The van der Waals surface area contributed by atoms with Crippen LogP contribution in [0.5, 0.6) is 0 Å². The van der Waals surface area contributed by atoms with Gasteiger partial charge < -0.3 is 15.4 Å². The third-order valence-electron chi connectivity index (χ3n) is 6.39. The molecule has 0 atom stereocenters. The zero-order chi connectivity index (χ0) is 28.5. The van der Waals surface area contributed by atoms with E-state index in [4.69, 9.17) is 16.3 Å². The molecule has 4 rings (SSSR count). The number of anilines is 2. The Morgan fingerprint density at radius 2 is 1.80 bits per heavy atom. The molecule has 1 aliphatic rings. The predicted molar refractivity (Wildman–Crippen MR) is 161 cm³/mol. The Bertz CT molecular complexity index is 1370. The summed E-state index contributed by atoms with van der Waals surface area (Å²) < 4.78 is 5.36. The van der Waals surface area contributed by atoms with Gasteiger partial charge in [0.2, 0.25) is 0 Å². The zero-order valence-electron chi connectivity index (χ0n) is 23.1. The number of nitrogens with zero attached hydrogens (tertiary/aromatic N) is 2. The van der Waals surface area contributed by atoms with Crippen molar-refractivity contribution in [2.45, 2.75) is 64.5 Å². The summed E-state index contributed by atoms with van der Waals surface area (Å²) in [7, 11) is 0. The summed E-state index contributed by atoms with van der Waals surface area (Å²) in [6, 6.07) is 13.1. The molecule has 0 spiro atoms. The Hall–Kier alpha value is -3.97. The molecule has 0 radical (unpaired) electrons. The van der Waals surface area contributed by atoms with E-state index < -0.39 is 5.60 Å². The number of Topliss-reactive ketones (excluding diaryl/α,β-unsaturated/α-hetero) is 1. The van der Waals surface area contributed by atoms with Crippen molar-refractivity contribution in [3.63, 3.8) is 0 Å². The van der Waals surface area contributed by atoms with Crippen molar-refractivity contribution in [3.8, 4) is 0 Å². The molecule has 40 heavy (non-hydrogen) atoms. The minimum atomic E-state index is -0.502. The van der Waals surface area contributed by atoms with Gasteiger partial charge in [-0.2, -0.15) is 0 Å². The number of ketones is 1. The number of allylic oxidation sites excluding steroid dienone is 2. The lowest BCUT2D eigenvalue weighted by Gasteiger charge is -2.27. The summed E-state index contributed by atoms with van der Waals surface area (Å²) in [6.07, 6.45) is 14.3. The van der Waals surface area contributed by atoms with Crippen LogP contribution in [0.1, 0.15) is 74.5 Å². The highest BCUT2D eigenvalue weighted by Crippen LogP contribution is 2.26. The number of hydrogen-bond donors (Lipinski definition) is 2. The van der Waals surface area contributed by atoms with Crippen LogP contribution in [0.2, 0.25) is 5.02 Å². The van der Waals surface area contributed by atoms with Crippen LogP contribution in [-0.4, -0.2) is 33.5 Å². The Morgan fingerprint density at radius 1 is 1.05 bits per heavy atom. The van der Waals surface area contributed by atoms with Gasteiger partial charge in [-0.25, -0.2) is 4.79 Å². The molecule has 0 bridgehead atoms. The quantitative estimate of drug-likeness (QED) is 0.272. The number of nitrogens with one attached hydrogen (secondary N) is 2. The maximum absolute atomic E-state index is 12.8. The minimum Gasteiger partial charge on any atom is -0.444 e. The summed E-state index contributed by atoms with van der Waals surface area (Å²) >= 11 is 5.97. The van der Waals surface area contributed by atoms with E-state index in [1.54, 1.807) is 18.6 Å². The van der Waals surface area contributed by atoms with Crippen molar-refractivity contribution in [2.24, 2.45) is 0 Å². The second-order valence-electron chi connectivity index (χ2n) is 10.8. The van der Waals surface area contributed by atoms with Gasteiger partial charge in [-0.1, -0.05) is 29.3 Å². The van der Waals surface area contributed by atoms with Crippen molar-refractivity contribution in [1.82, 2.24) is 15.3 Å². The molecule has 0 saturated heterocycles. The summed E-state index contributed by atoms with van der Waals surface area (Å²) in [5, 5.41) is 6.97. The molecule has 7 nitrogen and oxygen atoms in total. The number of benzene rings is 1. The molecule has 1 amide bonds. The molecule has 0 unspecified atom stereocenters. The smallest absolute Gasteiger partial charge is 0.407 e. The molecule has 2 N–H and O–H groups in total. The third-order valence-corrected chi connectivity index (χ3v) is 6.64. The number of pyridine rings is 2. The molecule has 2 heterocycles. The first-order valence-electron chi connectivity index (χ1n) is 13.5. The van der Waals surface area contributed by atoms with Gasteiger partial charge in [0.05, 0.1) is 17.6 Å². The van der Waals surface area contributed by atoms with Crippen LogP contribution < -0.4 is 10.6 Å². The maximum Gasteiger partial charge on any atom is 0.407 e. The van der Waals surface area contributed by atoms with Crippen molar-refractivity contribution in [1.29, 1.82) is 0 Å². The number of halogens is 1. The average molecular weight is 559 g/mol. The lowest BCUT2D eigenvalue weighted by atomic mass is 9.90. The zero-order valence-corrected chi connectivity index (χ0v) is 23.9. The normalized spacial score (nSPS) is 15.5. The van der Waals surface area contributed by atoms with E-state index in [2.05, 4.69) is 26.7 Å². The summed E-state index contributed by atoms with van der Waals surface area (Å²) in [5.74, 6) is -0.00190. The molecular formula is C32H35ClN4O3. The topological polar surface area (TPSA) is 93.2 Å². The van der Waals surface area contributed by atoms with Gasteiger partial charge in [0, 0.05) is 46.7 Å². The number of carbonyl (C=O) groups excluding carboxylic acids is 2. The van der Waals surface area contributed by atoms with Crippen molar-refractivity contribution < 1.29 is 14.3 Å². The molecule has 1 fully saturated rings. The van der Waals surface area contributed by atoms with Crippen LogP contribution in [0.25, 0.3) is 12.2 Å². The number of amides is 1. The molecule has 1 saturated carbocycles. The summed E-state index contributed by atoms with van der Waals surface area (Å²) in [4.78, 5) is 33.5. The number of carbonyl (C=O) groups is 2. The minimum absolute atomic E-state index is 0.00190. The van der Waals surface area contributed by atoms with Crippen LogP contribution in [0.4, 0.5) is 16.2 Å². The van der Waals surface area contributed by atoms with E-state index >= 15 is 0 Å². The number of ether oxygens (including phenoxy) is 1. The van der Waals surface area contributed by atoms with Crippen LogP contribution >= 0.6 is 11.6 Å². The van der Waals surface area contributed by atoms with Crippen molar-refractivity contribution >= 4 is 47.0 Å². The Morgan fingerprint density at radius 3 is 2.48 bits per heavy atom. The fourth-order valence-corrected chi connectivity index (χ4v) is 4.50. The second kappa shape index (κ2) is 13.4. The Balaban J connectivity index is 1.28. The maximum atomic E-state index is 12.8. The monoisotopic (exact) mass is 558 g/mol. The molecule has 0 aliphatic heterocycles. The fraction of sp³-hybridized carbons (Fsp3) is 0.312. The van der Waals surface area contributed by atoms with Crippen LogP contribution in [0.3, 0.4) is 0 Å². The Labute approximate surface area is 240 Å². The number of hydrogen-bond acceptors (Lipinski definition) is 6. The highest BCUT2D eigenvalue weighted by Gasteiger charge is 2.22. The molecule has 1 aromatic carbocycles. The average Bonchev–Trinajstić information content (AvgIpc) is 2.91. The van der Waals surface area contributed by atoms with E-state index in [0.29, 0.717) is 10.6 Å². The van der Waals surface area contributed by atoms with E-state index in [9.17, 15) is 9.59 Å². The lowest BCUT2D eigenvalue weighted by Crippen LogP contribution is -2.40. The van der Waals surface area contributed by atoms with Gasteiger partial charge in [0.15, 0.2) is 5.78 Å². The van der Waals surface area contributed by atoms with Crippen LogP contribution in [-0.2, 0) is 4.74 Å². The first kappa shape index (κ1) is 29.0. The predicted octanol–water partition coefficient (Wildman–Crippen LogP) is 8.01. The first-order valence-corrected chi connectivity index (χ1v) is 13.8. The van der Waals surface area contributed by atoms with Gasteiger partial charge >= 0.3 is 6.09 Å². The highest BCUT2D eigenvalue weighted by molar-refractivity contribution is 6.30. The molecule has 208 valence electrons. The summed E-state index contributed by atoms with van der Waals surface area (Å²) in [6.45, 7) is 5.58. The molecule has 2 aromatic heterocycles. The van der Waals surface area contributed by atoms with E-state index in [0.717, 1.165) is 48.3 Å². The largest absolute Gasteiger partial charge is 0.444 e. The molecule has 1 aliphatic carbocycles. The number of alkyl carbamates (subject to hydrolysis) is 1. The molecular weight excluding hydrogens is 524 g/mol. The number of rotatable bonds is 8. The molecule has 8 heteroatoms. The van der Waals surface area contributed by atoms with Gasteiger partial charge in [0.25, 0.3) is 0 Å². The second-order valence-corrected chi connectivity index (χ2v) is 11.3. The molecule has 3 aromatic rings. The Kier molecular flexibility index (Phi) is 9.72. The van der Waals surface area contributed by atoms with Gasteiger partial charge in [-0.3, -0.25) is 14.8 Å². The SMILES string of the molecule is CC(C)(C)OC(=O)NC1CCC(=Cc2ccc(C(=O)CC=Cc3ccncc3Nc3ccc(Cl)cc3)cn2)CC1. The van der Waals surface area contributed by atoms with Gasteiger partial charge in [0.1, 0.15) is 5.60 Å². The van der Waals surface area contributed by atoms with E-state index in [1.807, 2.05) is 75.4 Å². The van der Waals surface area contributed by atoms with Crippen LogP contribution in [0.15, 0.2) is 72.7 Å². The van der Waals surface area contributed by atoms with E-state index in [1.165, 1.54) is 5.57 Å². The van der Waals surface area contributed by atoms with Crippen molar-refractivity contribution in [2.75, 3.05) is 5.32 Å². The highest BCUT2D eigenvalue weighted by atomic mass is 35.5. The van der Waals surface area contributed by atoms with Crippen LogP contribution in [0, 0.1) is 0 Å². The lowest BCUT2D eigenvalue weighted by molar-refractivity contribution is 0.0496. The van der Waals surface area contributed by atoms with Gasteiger partial charge in [-0.05, 0) is 95.0 Å².